The van der Waals surface area contributed by atoms with E-state index in [2.05, 4.69) is 4.98 Å². The van der Waals surface area contributed by atoms with E-state index < -0.39 is 11.7 Å². The fraction of sp³-hybridized carbons (Fsp3) is 0.688. The summed E-state index contributed by atoms with van der Waals surface area (Å²) in [6.45, 7) is 1.69. The lowest BCUT2D eigenvalue weighted by molar-refractivity contribution is -0.181. The predicted molar refractivity (Wildman–Crippen MR) is 85.2 cm³/mol. The van der Waals surface area contributed by atoms with Crippen LogP contribution in [0.4, 0.5) is 0 Å². The SMILES string of the molecule is COCC(=O)N1CCC2(CC1)OC(C(=O)N(C)C)Cn1ccnc12. The van der Waals surface area contributed by atoms with Crippen LogP contribution in [0.15, 0.2) is 12.4 Å². The topological polar surface area (TPSA) is 76.9 Å². The van der Waals surface area contributed by atoms with Crippen molar-refractivity contribution in [1.29, 1.82) is 0 Å². The van der Waals surface area contributed by atoms with Crippen LogP contribution in [0.1, 0.15) is 18.7 Å². The number of hydrogen-bond donors (Lipinski definition) is 0. The van der Waals surface area contributed by atoms with Crippen LogP contribution < -0.4 is 0 Å². The summed E-state index contributed by atoms with van der Waals surface area (Å²) >= 11 is 0. The lowest BCUT2D eigenvalue weighted by Crippen LogP contribution is -2.54. The number of likely N-dealkylation sites (N-methyl/N-ethyl adjacent to an activating group) is 1. The number of carbonyl (C=O) groups excluding carboxylic acids is 2. The fourth-order valence-corrected chi connectivity index (χ4v) is 3.49. The molecule has 0 N–H and O–H groups in total. The molecule has 1 fully saturated rings. The Bertz CT molecular complexity index is 619. The van der Waals surface area contributed by atoms with Gasteiger partial charge in [-0.2, -0.15) is 0 Å². The van der Waals surface area contributed by atoms with Gasteiger partial charge < -0.3 is 23.8 Å². The lowest BCUT2D eigenvalue weighted by Gasteiger charge is -2.45. The molecular formula is C16H24N4O4. The highest BCUT2D eigenvalue weighted by molar-refractivity contribution is 5.80. The van der Waals surface area contributed by atoms with Gasteiger partial charge in [0.2, 0.25) is 5.91 Å². The number of nitrogens with zero attached hydrogens (tertiary/aromatic N) is 4. The van der Waals surface area contributed by atoms with Crippen molar-refractivity contribution in [3.63, 3.8) is 0 Å². The zero-order valence-corrected chi connectivity index (χ0v) is 14.4. The molecule has 8 nitrogen and oxygen atoms in total. The molecule has 132 valence electrons. The monoisotopic (exact) mass is 336 g/mol. The lowest BCUT2D eigenvalue weighted by atomic mass is 9.88. The van der Waals surface area contributed by atoms with Crippen LogP contribution in [0.2, 0.25) is 0 Å². The molecule has 1 atom stereocenters. The summed E-state index contributed by atoms with van der Waals surface area (Å²) in [7, 11) is 4.98. The minimum atomic E-state index is -0.609. The Balaban J connectivity index is 1.80. The average Bonchev–Trinajstić information content (AvgIpc) is 3.04. The molecule has 2 aliphatic rings. The largest absolute Gasteiger partial charge is 0.375 e. The molecule has 0 radical (unpaired) electrons. The first-order valence-corrected chi connectivity index (χ1v) is 8.14. The summed E-state index contributed by atoms with van der Waals surface area (Å²) in [5.41, 5.74) is -0.609. The van der Waals surface area contributed by atoms with E-state index in [1.54, 1.807) is 30.1 Å². The molecule has 24 heavy (non-hydrogen) atoms. The second kappa shape index (κ2) is 6.52. The number of ether oxygens (including phenoxy) is 2. The molecule has 2 amide bonds. The van der Waals surface area contributed by atoms with Crippen LogP contribution in [0, 0.1) is 0 Å². The molecule has 0 saturated carbocycles. The third kappa shape index (κ3) is 2.91. The smallest absolute Gasteiger partial charge is 0.253 e. The molecule has 1 saturated heterocycles. The standard InChI is InChI=1S/C16H24N4O4/c1-18(2)14(22)12-10-20-9-6-17-15(20)16(24-12)4-7-19(8-5-16)13(21)11-23-3/h6,9,12H,4-5,7-8,10-11H2,1-3H3. The molecule has 1 aromatic heterocycles. The Morgan fingerprint density at radius 2 is 2.12 bits per heavy atom. The molecule has 8 heteroatoms. The molecule has 0 bridgehead atoms. The van der Waals surface area contributed by atoms with E-state index in [9.17, 15) is 9.59 Å². The Kier molecular flexibility index (Phi) is 4.60. The van der Waals surface area contributed by atoms with Crippen LogP contribution in [-0.4, -0.2) is 78.2 Å². The zero-order valence-electron chi connectivity index (χ0n) is 14.4. The van der Waals surface area contributed by atoms with Crippen LogP contribution in [0.5, 0.6) is 0 Å². The summed E-state index contributed by atoms with van der Waals surface area (Å²) in [6, 6.07) is 0. The maximum atomic E-state index is 12.4. The Hall–Kier alpha value is -1.93. The van der Waals surface area contributed by atoms with Crippen molar-refractivity contribution in [3.05, 3.63) is 18.2 Å². The van der Waals surface area contributed by atoms with Gasteiger partial charge in [-0.25, -0.2) is 4.98 Å². The number of fused-ring (bicyclic) bond motifs is 2. The second-order valence-electron chi connectivity index (χ2n) is 6.55. The molecule has 3 heterocycles. The van der Waals surface area contributed by atoms with Gasteiger partial charge in [-0.3, -0.25) is 9.59 Å². The van der Waals surface area contributed by atoms with Gasteiger partial charge in [-0.15, -0.1) is 0 Å². The van der Waals surface area contributed by atoms with E-state index in [0.29, 0.717) is 32.5 Å². The second-order valence-corrected chi connectivity index (χ2v) is 6.55. The number of carbonyl (C=O) groups is 2. The van der Waals surface area contributed by atoms with Crippen molar-refractivity contribution in [2.45, 2.75) is 31.1 Å². The predicted octanol–water partition coefficient (Wildman–Crippen LogP) is -0.166. The third-order valence-corrected chi connectivity index (χ3v) is 4.76. The summed E-state index contributed by atoms with van der Waals surface area (Å²) in [5.74, 6) is 0.781. The summed E-state index contributed by atoms with van der Waals surface area (Å²) in [4.78, 5) is 32.2. The summed E-state index contributed by atoms with van der Waals surface area (Å²) in [5, 5.41) is 0. The molecule has 0 aromatic carbocycles. The zero-order chi connectivity index (χ0) is 17.3. The molecule has 1 spiro atoms. The van der Waals surface area contributed by atoms with E-state index >= 15 is 0 Å². The van der Waals surface area contributed by atoms with Crippen LogP contribution >= 0.6 is 0 Å². The molecule has 2 aliphatic heterocycles. The van der Waals surface area contributed by atoms with Crippen molar-refractivity contribution in [1.82, 2.24) is 19.4 Å². The number of rotatable bonds is 3. The average molecular weight is 336 g/mol. The normalized spacial score (nSPS) is 22.3. The number of methoxy groups -OCH3 is 1. The van der Waals surface area contributed by atoms with Gasteiger partial charge >= 0.3 is 0 Å². The van der Waals surface area contributed by atoms with Crippen LogP contribution in [-0.2, 0) is 31.2 Å². The number of likely N-dealkylation sites (tertiary alicyclic amines) is 1. The van der Waals surface area contributed by atoms with Gasteiger partial charge in [0.05, 0.1) is 6.54 Å². The van der Waals surface area contributed by atoms with Crippen molar-refractivity contribution in [2.24, 2.45) is 0 Å². The molecule has 1 unspecified atom stereocenters. The Morgan fingerprint density at radius 3 is 2.75 bits per heavy atom. The fourth-order valence-electron chi connectivity index (χ4n) is 3.49. The molecule has 1 aromatic rings. The van der Waals surface area contributed by atoms with E-state index in [-0.39, 0.29) is 18.4 Å². The van der Waals surface area contributed by atoms with Crippen molar-refractivity contribution >= 4 is 11.8 Å². The van der Waals surface area contributed by atoms with E-state index in [1.807, 2.05) is 10.8 Å². The highest BCUT2D eigenvalue weighted by Crippen LogP contribution is 2.40. The van der Waals surface area contributed by atoms with Crippen molar-refractivity contribution in [2.75, 3.05) is 40.9 Å². The van der Waals surface area contributed by atoms with Gasteiger partial charge in [0.1, 0.15) is 18.0 Å². The maximum absolute atomic E-state index is 12.4. The number of hydrogen-bond acceptors (Lipinski definition) is 5. The first kappa shape index (κ1) is 16.9. The van der Waals surface area contributed by atoms with Crippen molar-refractivity contribution < 1.29 is 19.1 Å². The number of aromatic nitrogens is 2. The van der Waals surface area contributed by atoms with Gasteiger partial charge in [0.25, 0.3) is 5.91 Å². The van der Waals surface area contributed by atoms with Gasteiger partial charge in [-0.1, -0.05) is 0 Å². The van der Waals surface area contributed by atoms with Crippen molar-refractivity contribution in [3.8, 4) is 0 Å². The van der Waals surface area contributed by atoms with E-state index in [1.165, 1.54) is 7.11 Å². The first-order valence-electron chi connectivity index (χ1n) is 8.14. The third-order valence-electron chi connectivity index (χ3n) is 4.76. The van der Waals surface area contributed by atoms with E-state index in [0.717, 1.165) is 5.82 Å². The Morgan fingerprint density at radius 1 is 1.42 bits per heavy atom. The molecule has 0 aliphatic carbocycles. The summed E-state index contributed by atoms with van der Waals surface area (Å²) < 4.78 is 13.2. The molecule has 3 rings (SSSR count). The minimum Gasteiger partial charge on any atom is -0.375 e. The van der Waals surface area contributed by atoms with Crippen LogP contribution in [0.3, 0.4) is 0 Å². The quantitative estimate of drug-likeness (QED) is 0.766. The van der Waals surface area contributed by atoms with Gasteiger partial charge in [-0.05, 0) is 0 Å². The summed E-state index contributed by atoms with van der Waals surface area (Å²) in [6.07, 6.45) is 4.35. The van der Waals surface area contributed by atoms with Gasteiger partial charge in [0.15, 0.2) is 6.10 Å². The number of amides is 2. The molecular weight excluding hydrogens is 312 g/mol. The van der Waals surface area contributed by atoms with Gasteiger partial charge in [0, 0.05) is 59.5 Å². The van der Waals surface area contributed by atoms with E-state index in [4.69, 9.17) is 9.47 Å². The first-order chi connectivity index (χ1) is 11.5. The number of piperidine rings is 1. The highest BCUT2D eigenvalue weighted by Gasteiger charge is 2.47. The van der Waals surface area contributed by atoms with Crippen LogP contribution in [0.25, 0.3) is 0 Å². The Labute approximate surface area is 141 Å². The number of imidazole rings is 1. The minimum absolute atomic E-state index is 0.0209. The maximum Gasteiger partial charge on any atom is 0.253 e. The highest BCUT2D eigenvalue weighted by atomic mass is 16.5.